The third-order valence-corrected chi connectivity index (χ3v) is 2.75. The summed E-state index contributed by atoms with van der Waals surface area (Å²) in [4.78, 5) is 15.8. The Morgan fingerprint density at radius 1 is 1.31 bits per heavy atom. The molecule has 2 rings (SSSR count). The lowest BCUT2D eigenvalue weighted by Gasteiger charge is -2.20. The molecule has 4 nitrogen and oxygen atoms in total. The van der Waals surface area contributed by atoms with Crippen molar-refractivity contribution in [2.45, 2.75) is 18.9 Å². The van der Waals surface area contributed by atoms with Crippen molar-refractivity contribution in [3.63, 3.8) is 0 Å². The van der Waals surface area contributed by atoms with Gasteiger partial charge in [-0.3, -0.25) is 15.1 Å². The number of aliphatic imine (C=N–C) groups is 1. The van der Waals surface area contributed by atoms with Gasteiger partial charge in [-0.1, -0.05) is 30.3 Å². The van der Waals surface area contributed by atoms with Crippen molar-refractivity contribution in [3.05, 3.63) is 35.9 Å². The Morgan fingerprint density at radius 2 is 2.00 bits per heavy atom. The Labute approximate surface area is 94.8 Å². The van der Waals surface area contributed by atoms with Crippen LogP contribution >= 0.6 is 0 Å². The van der Waals surface area contributed by atoms with Gasteiger partial charge in [0, 0.05) is 13.5 Å². The lowest BCUT2D eigenvalue weighted by Crippen LogP contribution is -2.45. The van der Waals surface area contributed by atoms with Gasteiger partial charge < -0.3 is 5.32 Å². The van der Waals surface area contributed by atoms with Gasteiger partial charge in [0.15, 0.2) is 5.96 Å². The van der Waals surface area contributed by atoms with E-state index in [0.29, 0.717) is 12.4 Å². The maximum Gasteiger partial charge on any atom is 0.252 e. The Bertz CT molecular complexity index is 427. The number of rotatable bonds is 2. The van der Waals surface area contributed by atoms with Gasteiger partial charge in [-0.15, -0.1) is 0 Å². The molecule has 84 valence electrons. The van der Waals surface area contributed by atoms with E-state index < -0.39 is 5.54 Å². The van der Waals surface area contributed by atoms with E-state index in [1.165, 1.54) is 0 Å². The standard InChI is InChI=1S/C12H15N3O/c1-12(8-9-6-4-3-5-7-9)10(16)14-11(13-2)15-12/h3-7H,8H2,1-2H3,(H2,13,14,15,16). The third-order valence-electron chi connectivity index (χ3n) is 2.75. The molecule has 1 atom stereocenters. The smallest absolute Gasteiger partial charge is 0.252 e. The predicted molar refractivity (Wildman–Crippen MR) is 63.2 cm³/mol. The molecule has 0 spiro atoms. The Balaban J connectivity index is 2.18. The van der Waals surface area contributed by atoms with Crippen LogP contribution in [0.5, 0.6) is 0 Å². The Kier molecular flexibility index (Phi) is 2.64. The zero-order valence-electron chi connectivity index (χ0n) is 9.45. The highest BCUT2D eigenvalue weighted by Crippen LogP contribution is 2.16. The maximum atomic E-state index is 11.8. The second kappa shape index (κ2) is 3.96. The molecule has 1 unspecified atom stereocenters. The first-order chi connectivity index (χ1) is 7.64. The van der Waals surface area contributed by atoms with E-state index in [1.54, 1.807) is 7.05 Å². The van der Waals surface area contributed by atoms with Crippen LogP contribution in [0, 0.1) is 0 Å². The molecule has 1 fully saturated rings. The molecule has 1 saturated heterocycles. The van der Waals surface area contributed by atoms with Gasteiger partial charge in [-0.05, 0) is 12.5 Å². The van der Waals surface area contributed by atoms with E-state index >= 15 is 0 Å². The topological polar surface area (TPSA) is 53.5 Å². The first-order valence-electron chi connectivity index (χ1n) is 5.24. The van der Waals surface area contributed by atoms with Gasteiger partial charge in [-0.25, -0.2) is 0 Å². The summed E-state index contributed by atoms with van der Waals surface area (Å²) in [6.45, 7) is 1.88. The lowest BCUT2D eigenvalue weighted by atomic mass is 9.93. The average Bonchev–Trinajstić information content (AvgIpc) is 2.56. The second-order valence-electron chi connectivity index (χ2n) is 4.15. The number of nitrogens with one attached hydrogen (secondary N) is 2. The molecular weight excluding hydrogens is 202 g/mol. The maximum absolute atomic E-state index is 11.8. The monoisotopic (exact) mass is 217 g/mol. The van der Waals surface area contributed by atoms with Crippen molar-refractivity contribution < 1.29 is 4.79 Å². The molecule has 1 aliphatic rings. The molecule has 1 amide bonds. The van der Waals surface area contributed by atoms with Crippen molar-refractivity contribution in [1.29, 1.82) is 0 Å². The van der Waals surface area contributed by atoms with Crippen LogP contribution in [-0.4, -0.2) is 24.5 Å². The molecule has 0 saturated carbocycles. The third kappa shape index (κ3) is 1.91. The molecule has 1 aliphatic heterocycles. The van der Waals surface area contributed by atoms with E-state index in [1.807, 2.05) is 37.3 Å². The van der Waals surface area contributed by atoms with Crippen molar-refractivity contribution >= 4 is 11.9 Å². The minimum Gasteiger partial charge on any atom is -0.342 e. The SMILES string of the molecule is CN=C1NC(=O)C(C)(Cc2ccccc2)N1. The normalized spacial score (nSPS) is 26.6. The van der Waals surface area contributed by atoms with Crippen molar-refractivity contribution in [2.24, 2.45) is 4.99 Å². The van der Waals surface area contributed by atoms with Crippen LogP contribution in [0.3, 0.4) is 0 Å². The molecule has 0 aromatic heterocycles. The van der Waals surface area contributed by atoms with Crippen molar-refractivity contribution in [3.8, 4) is 0 Å². The number of nitrogens with zero attached hydrogens (tertiary/aromatic N) is 1. The molecule has 16 heavy (non-hydrogen) atoms. The van der Waals surface area contributed by atoms with Crippen LogP contribution in [0.1, 0.15) is 12.5 Å². The highest BCUT2D eigenvalue weighted by atomic mass is 16.2. The van der Waals surface area contributed by atoms with Crippen LogP contribution in [-0.2, 0) is 11.2 Å². The van der Waals surface area contributed by atoms with Gasteiger partial charge in [0.25, 0.3) is 5.91 Å². The van der Waals surface area contributed by atoms with Gasteiger partial charge >= 0.3 is 0 Å². The first-order valence-corrected chi connectivity index (χ1v) is 5.24. The van der Waals surface area contributed by atoms with Crippen LogP contribution < -0.4 is 10.6 Å². The summed E-state index contributed by atoms with van der Waals surface area (Å²) in [5.74, 6) is 0.514. The fourth-order valence-electron chi connectivity index (χ4n) is 1.84. The van der Waals surface area contributed by atoms with E-state index in [4.69, 9.17) is 0 Å². The van der Waals surface area contributed by atoms with Crippen molar-refractivity contribution in [2.75, 3.05) is 7.05 Å². The minimum atomic E-state index is -0.601. The fraction of sp³-hybridized carbons (Fsp3) is 0.333. The summed E-state index contributed by atoms with van der Waals surface area (Å²) in [5, 5.41) is 5.82. The van der Waals surface area contributed by atoms with Gasteiger partial charge in [0.1, 0.15) is 5.54 Å². The lowest BCUT2D eigenvalue weighted by molar-refractivity contribution is -0.123. The summed E-state index contributed by atoms with van der Waals surface area (Å²) in [6.07, 6.45) is 0.651. The fourth-order valence-corrected chi connectivity index (χ4v) is 1.84. The van der Waals surface area contributed by atoms with E-state index in [0.717, 1.165) is 5.56 Å². The van der Waals surface area contributed by atoms with E-state index in [9.17, 15) is 4.79 Å². The second-order valence-corrected chi connectivity index (χ2v) is 4.15. The summed E-state index contributed by atoms with van der Waals surface area (Å²) in [6, 6.07) is 9.94. The Morgan fingerprint density at radius 3 is 2.56 bits per heavy atom. The van der Waals surface area contributed by atoms with Crippen LogP contribution in [0.2, 0.25) is 0 Å². The van der Waals surface area contributed by atoms with E-state index in [-0.39, 0.29) is 5.91 Å². The largest absolute Gasteiger partial charge is 0.342 e. The quantitative estimate of drug-likeness (QED) is 0.766. The molecule has 1 aromatic carbocycles. The highest BCUT2D eigenvalue weighted by Gasteiger charge is 2.40. The molecule has 1 heterocycles. The van der Waals surface area contributed by atoms with E-state index in [2.05, 4.69) is 15.6 Å². The van der Waals surface area contributed by atoms with Crippen LogP contribution in [0.25, 0.3) is 0 Å². The average molecular weight is 217 g/mol. The number of benzene rings is 1. The summed E-state index contributed by atoms with van der Waals surface area (Å²) in [5.41, 5.74) is 0.529. The number of amides is 1. The molecule has 1 aromatic rings. The summed E-state index contributed by atoms with van der Waals surface area (Å²) in [7, 11) is 1.65. The minimum absolute atomic E-state index is 0.0306. The van der Waals surface area contributed by atoms with Crippen molar-refractivity contribution in [1.82, 2.24) is 10.6 Å². The Hall–Kier alpha value is -1.84. The summed E-state index contributed by atoms with van der Waals surface area (Å²) >= 11 is 0. The zero-order valence-corrected chi connectivity index (χ0v) is 9.45. The first kappa shape index (κ1) is 10.7. The van der Waals surface area contributed by atoms with Gasteiger partial charge in [0.2, 0.25) is 0 Å². The summed E-state index contributed by atoms with van der Waals surface area (Å²) < 4.78 is 0. The predicted octanol–water partition coefficient (Wildman–Crippen LogP) is 0.693. The number of carbonyl (C=O) groups is 1. The molecule has 4 heteroatoms. The van der Waals surface area contributed by atoms with Gasteiger partial charge in [-0.2, -0.15) is 0 Å². The number of hydrogen-bond donors (Lipinski definition) is 2. The highest BCUT2D eigenvalue weighted by molar-refractivity contribution is 6.08. The number of guanidine groups is 1. The molecule has 2 N–H and O–H groups in total. The zero-order chi connectivity index (χ0) is 11.6. The molecule has 0 aliphatic carbocycles. The molecule has 0 radical (unpaired) electrons. The number of carbonyl (C=O) groups excluding carboxylic acids is 1. The number of hydrogen-bond acceptors (Lipinski definition) is 2. The van der Waals surface area contributed by atoms with Crippen LogP contribution in [0.4, 0.5) is 0 Å². The molecular formula is C12H15N3O. The van der Waals surface area contributed by atoms with Crippen LogP contribution in [0.15, 0.2) is 35.3 Å². The van der Waals surface area contributed by atoms with Gasteiger partial charge in [0.05, 0.1) is 0 Å². The molecule has 0 bridgehead atoms.